The molecule has 2 aliphatic rings. The van der Waals surface area contributed by atoms with E-state index in [0.717, 1.165) is 28.8 Å². The second-order valence-electron chi connectivity index (χ2n) is 16.9. The number of amides is 1. The molecule has 14 nitrogen and oxygen atoms in total. The van der Waals surface area contributed by atoms with E-state index < -0.39 is 129 Å². The van der Waals surface area contributed by atoms with E-state index in [-0.39, 0.29) is 39.4 Å². The van der Waals surface area contributed by atoms with Crippen molar-refractivity contribution < 1.29 is 52.7 Å². The van der Waals surface area contributed by atoms with Crippen LogP contribution in [-0.4, -0.2) is 65.8 Å². The van der Waals surface area contributed by atoms with Crippen molar-refractivity contribution in [3.05, 3.63) is 122 Å². The number of fused-ring (bicyclic) bond motifs is 5. The van der Waals surface area contributed by atoms with E-state index in [1.54, 1.807) is 6.07 Å². The number of nitrogens with zero attached hydrogens (tertiary/aromatic N) is 8. The van der Waals surface area contributed by atoms with Crippen LogP contribution in [0, 0.1) is 17.6 Å². The Kier molecular flexibility index (Phi) is 11.4. The molecule has 7 aromatic rings. The third kappa shape index (κ3) is 8.62. The summed E-state index contributed by atoms with van der Waals surface area (Å²) in [7, 11) is -4.24. The van der Waals surface area contributed by atoms with Crippen molar-refractivity contribution in [2.24, 2.45) is 5.92 Å². The number of nitrogens with one attached hydrogen (secondary N) is 2. The fraction of sp³-hybridized carbons (Fsp3) is 0.326. The molecule has 0 aliphatic heterocycles. The standard InChI is InChI=1S/C43H34ClF9N10O4S/c1-18(2)38-54-9-8-27(56-38)20-4-5-23-28(13-20)57-40(63(41(23)65)30-7-6-26(44)33-35(30)62(17-42(49,50)51)59-39(33)60-68(3,66)67)29(12-19-10-21(45)14-22(46)11-19)55-31(64)16-61-36-32(34(58-61)37(47)48)24-15-25(24)43(36,52)53/h4-11,13-14,18,24-25,29,37H,12,15-17H2,1-3H3,(H,55,64)(H,59,60)/t24-,25+,29-/m0/s1. The predicted octanol–water partition coefficient (Wildman–Crippen LogP) is 8.62. The summed E-state index contributed by atoms with van der Waals surface area (Å²) in [6.45, 7) is 0.733. The lowest BCUT2D eigenvalue weighted by Gasteiger charge is -2.24. The van der Waals surface area contributed by atoms with Gasteiger partial charge in [-0.1, -0.05) is 31.5 Å². The van der Waals surface area contributed by atoms with Crippen molar-refractivity contribution in [2.45, 2.75) is 76.2 Å². The normalized spacial score (nSPS) is 17.0. The molecule has 1 saturated carbocycles. The molecular weight excluding hydrogens is 959 g/mol. The lowest BCUT2D eigenvalue weighted by molar-refractivity contribution is -0.141. The van der Waals surface area contributed by atoms with Crippen LogP contribution in [0.3, 0.4) is 0 Å². The lowest BCUT2D eigenvalue weighted by atomic mass is 10.0. The fourth-order valence-electron chi connectivity index (χ4n) is 8.74. The Hall–Kier alpha value is -6.56. The van der Waals surface area contributed by atoms with Crippen molar-refractivity contribution in [1.29, 1.82) is 0 Å². The van der Waals surface area contributed by atoms with E-state index in [0.29, 0.717) is 38.8 Å². The van der Waals surface area contributed by atoms with E-state index >= 15 is 13.6 Å². The molecule has 0 radical (unpaired) electrons. The average molecular weight is 993 g/mol. The Morgan fingerprint density at radius 1 is 0.985 bits per heavy atom. The van der Waals surface area contributed by atoms with E-state index in [1.165, 1.54) is 24.4 Å². The number of alkyl halides is 7. The van der Waals surface area contributed by atoms with Gasteiger partial charge < -0.3 is 5.32 Å². The molecule has 4 heterocycles. The Bertz CT molecular complexity index is 3380. The first-order valence-electron chi connectivity index (χ1n) is 20.5. The Labute approximate surface area is 383 Å². The summed E-state index contributed by atoms with van der Waals surface area (Å²) < 4.78 is 161. The molecule has 2 aliphatic carbocycles. The van der Waals surface area contributed by atoms with Crippen LogP contribution in [0.1, 0.15) is 78.7 Å². The number of anilines is 1. The molecule has 356 valence electrons. The van der Waals surface area contributed by atoms with Crippen LogP contribution in [0.4, 0.5) is 45.3 Å². The van der Waals surface area contributed by atoms with E-state index in [9.17, 15) is 43.9 Å². The summed E-state index contributed by atoms with van der Waals surface area (Å²) in [5.41, 5.74) is -3.75. The Morgan fingerprint density at radius 3 is 2.37 bits per heavy atom. The number of rotatable bonds is 13. The molecule has 3 atom stereocenters. The van der Waals surface area contributed by atoms with Gasteiger partial charge in [0.1, 0.15) is 47.8 Å². The minimum Gasteiger partial charge on any atom is -0.344 e. The third-order valence-electron chi connectivity index (χ3n) is 11.5. The number of benzene rings is 3. The largest absolute Gasteiger partial charge is 0.408 e. The molecule has 0 saturated heterocycles. The highest BCUT2D eigenvalue weighted by atomic mass is 35.5. The monoisotopic (exact) mass is 992 g/mol. The Morgan fingerprint density at radius 2 is 1.71 bits per heavy atom. The highest BCUT2D eigenvalue weighted by Gasteiger charge is 2.67. The van der Waals surface area contributed by atoms with Gasteiger partial charge in [0, 0.05) is 41.6 Å². The van der Waals surface area contributed by atoms with Gasteiger partial charge >= 0.3 is 6.18 Å². The Balaban J connectivity index is 1.29. The van der Waals surface area contributed by atoms with Gasteiger partial charge in [-0.25, -0.2) is 40.9 Å². The molecule has 25 heteroatoms. The predicted molar refractivity (Wildman–Crippen MR) is 228 cm³/mol. The van der Waals surface area contributed by atoms with Crippen molar-refractivity contribution in [2.75, 3.05) is 11.0 Å². The average Bonchev–Trinajstić information content (AvgIpc) is 3.77. The number of carbonyl (C=O) groups excluding carboxylic acids is 1. The van der Waals surface area contributed by atoms with Gasteiger partial charge in [-0.3, -0.25) is 28.2 Å². The number of aromatic nitrogens is 8. The zero-order valence-electron chi connectivity index (χ0n) is 35.4. The highest BCUT2D eigenvalue weighted by Crippen LogP contribution is 2.68. The van der Waals surface area contributed by atoms with Crippen molar-refractivity contribution in [3.8, 4) is 16.9 Å². The van der Waals surface area contributed by atoms with Gasteiger partial charge in [-0.15, -0.1) is 0 Å². The molecule has 0 bridgehead atoms. The lowest BCUT2D eigenvalue weighted by Crippen LogP contribution is -2.38. The summed E-state index contributed by atoms with van der Waals surface area (Å²) in [6.07, 6.45) is -6.82. The summed E-state index contributed by atoms with van der Waals surface area (Å²) in [5.74, 6) is -10.0. The van der Waals surface area contributed by atoms with Crippen LogP contribution < -0.4 is 15.6 Å². The van der Waals surface area contributed by atoms with E-state index in [1.807, 2.05) is 18.6 Å². The summed E-state index contributed by atoms with van der Waals surface area (Å²) >= 11 is 6.54. The first kappa shape index (κ1) is 46.5. The molecule has 0 unspecified atom stereocenters. The van der Waals surface area contributed by atoms with Gasteiger partial charge in [0.25, 0.3) is 17.9 Å². The minimum atomic E-state index is -5.02. The van der Waals surface area contributed by atoms with Crippen molar-refractivity contribution in [3.63, 3.8) is 0 Å². The van der Waals surface area contributed by atoms with Crippen LogP contribution >= 0.6 is 11.6 Å². The van der Waals surface area contributed by atoms with Gasteiger partial charge in [0.15, 0.2) is 5.82 Å². The molecule has 0 spiro atoms. The van der Waals surface area contributed by atoms with Gasteiger partial charge in [0.05, 0.1) is 50.5 Å². The fourth-order valence-corrected chi connectivity index (χ4v) is 9.48. The first-order chi connectivity index (χ1) is 31.9. The number of carbonyl (C=O) groups is 1. The minimum absolute atomic E-state index is 0.0709. The second kappa shape index (κ2) is 16.6. The number of hydrogen-bond donors (Lipinski definition) is 2. The van der Waals surface area contributed by atoms with Gasteiger partial charge in [0.2, 0.25) is 15.9 Å². The van der Waals surface area contributed by atoms with Crippen LogP contribution in [0.2, 0.25) is 5.02 Å². The maximum atomic E-state index is 15.6. The maximum absolute atomic E-state index is 15.6. The van der Waals surface area contributed by atoms with Crippen LogP contribution in [-0.2, 0) is 40.3 Å². The first-order valence-corrected chi connectivity index (χ1v) is 22.8. The molecule has 3 aromatic carbocycles. The summed E-state index contributed by atoms with van der Waals surface area (Å²) in [4.78, 5) is 43.0. The molecule has 2 N–H and O–H groups in total. The third-order valence-corrected chi connectivity index (χ3v) is 12.4. The zero-order chi connectivity index (χ0) is 48.9. The molecule has 1 amide bonds. The van der Waals surface area contributed by atoms with Crippen molar-refractivity contribution >= 4 is 55.2 Å². The maximum Gasteiger partial charge on any atom is 0.408 e. The van der Waals surface area contributed by atoms with Crippen LogP contribution in [0.15, 0.2) is 65.6 Å². The molecule has 9 rings (SSSR count). The van der Waals surface area contributed by atoms with Crippen LogP contribution in [0.5, 0.6) is 0 Å². The molecule has 4 aromatic heterocycles. The number of sulfonamides is 1. The topological polar surface area (TPSA) is 172 Å². The molecular formula is C43H34ClF9N10O4S. The quantitative estimate of drug-likeness (QED) is 0.107. The second-order valence-corrected chi connectivity index (χ2v) is 19.0. The van der Waals surface area contributed by atoms with Crippen LogP contribution in [0.25, 0.3) is 38.8 Å². The summed E-state index contributed by atoms with van der Waals surface area (Å²) in [6, 6.07) is 8.59. The SMILES string of the molecule is CC(C)c1nccc(-c2ccc3c(=O)n(-c4ccc(Cl)c5c(NS(C)(=O)=O)nn(CC(F)(F)F)c45)c([C@H](Cc4cc(F)cc(F)c4)NC(=O)Cn4nc(C(F)F)c5c4C(F)(F)[C@@H]4C[C@H]54)nc3c2)n1. The van der Waals surface area contributed by atoms with E-state index in [4.69, 9.17) is 16.6 Å². The van der Waals surface area contributed by atoms with Gasteiger partial charge in [-0.2, -0.15) is 32.1 Å². The highest BCUT2D eigenvalue weighted by molar-refractivity contribution is 7.92. The number of hydrogen-bond acceptors (Lipinski definition) is 9. The van der Waals surface area contributed by atoms with Crippen molar-refractivity contribution in [1.82, 2.24) is 44.4 Å². The zero-order valence-corrected chi connectivity index (χ0v) is 37.0. The summed E-state index contributed by atoms with van der Waals surface area (Å²) in [5, 5.41) is 9.19. The van der Waals surface area contributed by atoms with Gasteiger partial charge in [-0.05, 0) is 60.4 Å². The molecule has 68 heavy (non-hydrogen) atoms. The molecule has 1 fully saturated rings. The van der Waals surface area contributed by atoms with E-state index in [2.05, 4.69) is 25.5 Å². The smallest absolute Gasteiger partial charge is 0.344 e. The number of halogens is 10.